The summed E-state index contributed by atoms with van der Waals surface area (Å²) in [4.78, 5) is 15.6. The third-order valence-electron chi connectivity index (χ3n) is 2.58. The summed E-state index contributed by atoms with van der Waals surface area (Å²) in [5.74, 6) is 0.428. The van der Waals surface area contributed by atoms with Crippen LogP contribution >= 0.6 is 0 Å². The van der Waals surface area contributed by atoms with Crippen LogP contribution in [0.4, 0.5) is 0 Å². The first-order chi connectivity index (χ1) is 7.63. The van der Waals surface area contributed by atoms with E-state index in [-0.39, 0.29) is 0 Å². The number of hydrogen-bond acceptors (Lipinski definition) is 2. The molecule has 0 spiro atoms. The lowest BCUT2D eigenvalue weighted by atomic mass is 10.2. The lowest BCUT2D eigenvalue weighted by Crippen LogP contribution is -2.11. The Morgan fingerprint density at radius 1 is 1.56 bits per heavy atom. The lowest BCUT2D eigenvalue weighted by molar-refractivity contribution is 0.0997. The van der Waals surface area contributed by atoms with E-state index in [1.165, 1.54) is 0 Å². The van der Waals surface area contributed by atoms with E-state index < -0.39 is 5.91 Å². The van der Waals surface area contributed by atoms with Gasteiger partial charge < -0.3 is 10.1 Å². The minimum absolute atomic E-state index is 0.368. The number of nitrogens with zero attached hydrogens (tertiary/aromatic N) is 2. The zero-order valence-electron chi connectivity index (χ0n) is 9.53. The molecule has 2 rings (SSSR count). The number of amides is 1. The quantitative estimate of drug-likeness (QED) is 0.850. The maximum absolute atomic E-state index is 11.3. The fourth-order valence-corrected chi connectivity index (χ4v) is 1.83. The molecule has 0 fully saturated rings. The Labute approximate surface area is 94.1 Å². The van der Waals surface area contributed by atoms with Gasteiger partial charge in [0.1, 0.15) is 5.82 Å². The first kappa shape index (κ1) is 10.7. The Morgan fingerprint density at radius 3 is 2.94 bits per heavy atom. The second kappa shape index (κ2) is 3.96. The monoisotopic (exact) mass is 217 g/mol. The third-order valence-corrected chi connectivity index (χ3v) is 2.58. The molecule has 1 amide bonds. The van der Waals surface area contributed by atoms with E-state index in [0.717, 1.165) is 29.7 Å². The number of aryl methyl sites for hydroxylation is 2. The van der Waals surface area contributed by atoms with Crippen molar-refractivity contribution in [2.75, 3.05) is 0 Å². The molecule has 2 heterocycles. The molecule has 0 saturated heterocycles. The number of pyridine rings is 1. The molecule has 84 valence electrons. The van der Waals surface area contributed by atoms with Gasteiger partial charge in [-0.25, -0.2) is 4.98 Å². The first-order valence-corrected chi connectivity index (χ1v) is 5.41. The van der Waals surface area contributed by atoms with Crippen molar-refractivity contribution in [2.45, 2.75) is 26.7 Å². The van der Waals surface area contributed by atoms with Gasteiger partial charge in [-0.15, -0.1) is 0 Å². The normalized spacial score (nSPS) is 10.9. The van der Waals surface area contributed by atoms with Gasteiger partial charge in [0, 0.05) is 12.6 Å². The first-order valence-electron chi connectivity index (χ1n) is 5.41. The topological polar surface area (TPSA) is 60.4 Å². The van der Waals surface area contributed by atoms with Gasteiger partial charge in [-0.3, -0.25) is 4.79 Å². The molecule has 2 aromatic rings. The third kappa shape index (κ3) is 1.66. The molecular formula is C12H15N3O. The van der Waals surface area contributed by atoms with Gasteiger partial charge in [-0.2, -0.15) is 0 Å². The second-order valence-corrected chi connectivity index (χ2v) is 3.95. The number of primary amides is 1. The fourth-order valence-electron chi connectivity index (χ4n) is 1.83. The van der Waals surface area contributed by atoms with E-state index in [9.17, 15) is 4.79 Å². The van der Waals surface area contributed by atoms with Crippen LogP contribution < -0.4 is 5.73 Å². The van der Waals surface area contributed by atoms with Crippen LogP contribution in [0.2, 0.25) is 0 Å². The number of nitrogens with two attached hydrogens (primary N) is 1. The molecule has 0 saturated carbocycles. The summed E-state index contributed by atoms with van der Waals surface area (Å²) in [7, 11) is 0. The van der Waals surface area contributed by atoms with Gasteiger partial charge in [0.05, 0.1) is 5.52 Å². The highest BCUT2D eigenvalue weighted by Crippen LogP contribution is 2.15. The fraction of sp³-hybridized carbons (Fsp3) is 0.333. The maximum Gasteiger partial charge on any atom is 0.269 e. The molecule has 4 heteroatoms. The van der Waals surface area contributed by atoms with Crippen LogP contribution in [0.5, 0.6) is 0 Å². The Kier molecular flexibility index (Phi) is 2.64. The minimum atomic E-state index is -0.467. The van der Waals surface area contributed by atoms with E-state index in [1.807, 2.05) is 29.7 Å². The van der Waals surface area contributed by atoms with E-state index in [0.29, 0.717) is 5.69 Å². The summed E-state index contributed by atoms with van der Waals surface area (Å²) in [6, 6.07) is 3.94. The van der Waals surface area contributed by atoms with Crippen molar-refractivity contribution in [3.05, 3.63) is 35.4 Å². The molecule has 4 nitrogen and oxygen atoms in total. The second-order valence-electron chi connectivity index (χ2n) is 3.95. The summed E-state index contributed by atoms with van der Waals surface area (Å²) >= 11 is 0. The highest BCUT2D eigenvalue weighted by Gasteiger charge is 2.14. The minimum Gasteiger partial charge on any atom is -0.364 e. The summed E-state index contributed by atoms with van der Waals surface area (Å²) < 4.78 is 1.94. The van der Waals surface area contributed by atoms with Crippen molar-refractivity contribution >= 4 is 11.4 Å². The number of imidazole rings is 1. The van der Waals surface area contributed by atoms with E-state index in [2.05, 4.69) is 11.9 Å². The van der Waals surface area contributed by atoms with Gasteiger partial charge in [-0.1, -0.05) is 6.92 Å². The van der Waals surface area contributed by atoms with Crippen LogP contribution in [-0.4, -0.2) is 15.3 Å². The van der Waals surface area contributed by atoms with Crippen molar-refractivity contribution < 1.29 is 4.79 Å². The molecule has 0 aliphatic carbocycles. The Balaban J connectivity index is 2.71. The molecule has 2 N–H and O–H groups in total. The number of fused-ring (bicyclic) bond motifs is 1. The predicted octanol–water partition coefficient (Wildman–Crippen LogP) is 1.69. The molecule has 0 radical (unpaired) electrons. The number of carbonyl (C=O) groups excluding carboxylic acids is 1. The highest BCUT2D eigenvalue weighted by atomic mass is 16.1. The standard InChI is InChI=1S/C12H15N3O/c1-3-4-10-14-11(12(13)16)9-7-8(2)5-6-15(9)10/h5-7H,3-4H2,1-2H3,(H2,13,16). The number of carbonyl (C=O) groups is 1. The summed E-state index contributed by atoms with van der Waals surface area (Å²) in [5.41, 5.74) is 7.59. The summed E-state index contributed by atoms with van der Waals surface area (Å²) in [5, 5.41) is 0. The van der Waals surface area contributed by atoms with Crippen LogP contribution in [0.3, 0.4) is 0 Å². The molecule has 16 heavy (non-hydrogen) atoms. The smallest absolute Gasteiger partial charge is 0.269 e. The Hall–Kier alpha value is -1.84. The largest absolute Gasteiger partial charge is 0.364 e. The number of hydrogen-bond donors (Lipinski definition) is 1. The van der Waals surface area contributed by atoms with Gasteiger partial charge in [0.2, 0.25) is 0 Å². The lowest BCUT2D eigenvalue weighted by Gasteiger charge is -2.00. The summed E-state index contributed by atoms with van der Waals surface area (Å²) in [6.45, 7) is 4.07. The molecule has 0 aliphatic heterocycles. The molecular weight excluding hydrogens is 202 g/mol. The SMILES string of the molecule is CCCc1nc(C(N)=O)c2cc(C)ccn12. The molecule has 2 aromatic heterocycles. The van der Waals surface area contributed by atoms with E-state index in [1.54, 1.807) is 0 Å². The summed E-state index contributed by atoms with van der Waals surface area (Å²) in [6.07, 6.45) is 3.78. The predicted molar refractivity (Wildman–Crippen MR) is 62.4 cm³/mol. The van der Waals surface area contributed by atoms with Crippen LogP contribution in [0.1, 0.15) is 35.2 Å². The zero-order valence-corrected chi connectivity index (χ0v) is 9.53. The van der Waals surface area contributed by atoms with Crippen molar-refractivity contribution in [1.29, 1.82) is 0 Å². The van der Waals surface area contributed by atoms with E-state index in [4.69, 9.17) is 5.73 Å². The average molecular weight is 217 g/mol. The molecule has 0 unspecified atom stereocenters. The van der Waals surface area contributed by atoms with Gasteiger partial charge in [-0.05, 0) is 31.0 Å². The van der Waals surface area contributed by atoms with Crippen molar-refractivity contribution in [3.63, 3.8) is 0 Å². The van der Waals surface area contributed by atoms with Gasteiger partial charge >= 0.3 is 0 Å². The van der Waals surface area contributed by atoms with Gasteiger partial charge in [0.25, 0.3) is 5.91 Å². The Morgan fingerprint density at radius 2 is 2.31 bits per heavy atom. The van der Waals surface area contributed by atoms with Crippen LogP contribution in [0, 0.1) is 6.92 Å². The van der Waals surface area contributed by atoms with Crippen molar-refractivity contribution in [3.8, 4) is 0 Å². The number of aromatic nitrogens is 2. The average Bonchev–Trinajstić information content (AvgIpc) is 2.57. The molecule has 0 bridgehead atoms. The van der Waals surface area contributed by atoms with Crippen molar-refractivity contribution in [2.24, 2.45) is 5.73 Å². The van der Waals surface area contributed by atoms with Crippen LogP contribution in [-0.2, 0) is 6.42 Å². The Bertz CT molecular complexity index is 542. The molecule has 0 aliphatic rings. The zero-order chi connectivity index (χ0) is 11.7. The number of rotatable bonds is 3. The van der Waals surface area contributed by atoms with Gasteiger partial charge in [0.15, 0.2) is 5.69 Å². The van der Waals surface area contributed by atoms with E-state index >= 15 is 0 Å². The highest BCUT2D eigenvalue weighted by molar-refractivity contribution is 5.98. The van der Waals surface area contributed by atoms with Crippen molar-refractivity contribution in [1.82, 2.24) is 9.38 Å². The maximum atomic E-state index is 11.3. The van der Waals surface area contributed by atoms with Crippen LogP contribution in [0.25, 0.3) is 5.52 Å². The molecule has 0 atom stereocenters. The molecule has 0 aromatic carbocycles. The van der Waals surface area contributed by atoms with Crippen LogP contribution in [0.15, 0.2) is 18.3 Å².